The van der Waals surface area contributed by atoms with Crippen LogP contribution in [0.5, 0.6) is 0 Å². The Labute approximate surface area is 114 Å². The van der Waals surface area contributed by atoms with Crippen molar-refractivity contribution < 1.29 is 0 Å². The highest BCUT2D eigenvalue weighted by atomic mass is 15.4. The first-order valence-corrected chi connectivity index (χ1v) is 6.18. The Bertz CT molecular complexity index is 848. The number of fused-ring (bicyclic) bond motifs is 1. The first-order chi connectivity index (χ1) is 9.92. The normalized spacial score (nSPS) is 11.0. The van der Waals surface area contributed by atoms with Gasteiger partial charge in [0.05, 0.1) is 17.8 Å². The van der Waals surface area contributed by atoms with Gasteiger partial charge in [-0.15, -0.1) is 5.10 Å². The number of nitrogens with one attached hydrogen (secondary N) is 1. The third-order valence-corrected chi connectivity index (χ3v) is 3.14. The summed E-state index contributed by atoms with van der Waals surface area (Å²) in [5.41, 5.74) is 2.89. The molecular weight excluding hydrogens is 252 g/mol. The minimum Gasteiger partial charge on any atom is -0.259 e. The molecule has 0 amide bonds. The van der Waals surface area contributed by atoms with Gasteiger partial charge in [-0.2, -0.15) is 9.78 Å². The van der Waals surface area contributed by atoms with Crippen molar-refractivity contribution in [1.29, 1.82) is 0 Å². The molecule has 20 heavy (non-hydrogen) atoms. The number of hydrogen-bond acceptors (Lipinski definition) is 4. The minimum atomic E-state index is 0.697. The lowest BCUT2D eigenvalue weighted by Gasteiger charge is -2.01. The van der Waals surface area contributed by atoms with Gasteiger partial charge in [0.15, 0.2) is 11.5 Å². The van der Waals surface area contributed by atoms with Crippen molar-refractivity contribution >= 4 is 11.0 Å². The van der Waals surface area contributed by atoms with E-state index in [9.17, 15) is 0 Å². The molecule has 0 unspecified atom stereocenters. The van der Waals surface area contributed by atoms with Crippen molar-refractivity contribution in [3.05, 3.63) is 55.0 Å². The second-order valence-corrected chi connectivity index (χ2v) is 4.38. The van der Waals surface area contributed by atoms with Crippen LogP contribution in [0.4, 0.5) is 0 Å². The van der Waals surface area contributed by atoms with Crippen LogP contribution < -0.4 is 0 Å². The van der Waals surface area contributed by atoms with Crippen LogP contribution in [-0.4, -0.2) is 30.2 Å². The molecule has 4 aromatic rings. The first-order valence-electron chi connectivity index (χ1n) is 6.18. The van der Waals surface area contributed by atoms with Gasteiger partial charge in [0.1, 0.15) is 0 Å². The summed E-state index contributed by atoms with van der Waals surface area (Å²) < 4.78 is 1.62. The smallest absolute Gasteiger partial charge is 0.186 e. The molecule has 0 radical (unpaired) electrons. The molecule has 0 aliphatic rings. The van der Waals surface area contributed by atoms with E-state index in [-0.39, 0.29) is 0 Å². The van der Waals surface area contributed by atoms with Crippen molar-refractivity contribution in [2.75, 3.05) is 0 Å². The third kappa shape index (κ3) is 1.66. The average molecular weight is 262 g/mol. The highest BCUT2D eigenvalue weighted by Crippen LogP contribution is 2.24. The van der Waals surface area contributed by atoms with Gasteiger partial charge in [0.25, 0.3) is 0 Å². The zero-order valence-corrected chi connectivity index (χ0v) is 10.4. The van der Waals surface area contributed by atoms with Crippen molar-refractivity contribution in [2.24, 2.45) is 0 Å². The Kier molecular flexibility index (Phi) is 2.32. The van der Waals surface area contributed by atoms with Crippen molar-refractivity contribution in [2.45, 2.75) is 0 Å². The molecule has 0 saturated heterocycles. The van der Waals surface area contributed by atoms with Crippen molar-refractivity contribution in [3.8, 4) is 16.9 Å². The van der Waals surface area contributed by atoms with Gasteiger partial charge >= 0.3 is 0 Å². The lowest BCUT2D eigenvalue weighted by atomic mass is 10.1. The summed E-state index contributed by atoms with van der Waals surface area (Å²) in [6.45, 7) is 0. The van der Waals surface area contributed by atoms with E-state index in [4.69, 9.17) is 0 Å². The Balaban J connectivity index is 1.92. The minimum absolute atomic E-state index is 0.697. The van der Waals surface area contributed by atoms with Crippen LogP contribution in [0.3, 0.4) is 0 Å². The van der Waals surface area contributed by atoms with Crippen LogP contribution in [0, 0.1) is 0 Å². The highest BCUT2D eigenvalue weighted by molar-refractivity contribution is 5.86. The van der Waals surface area contributed by atoms with Crippen molar-refractivity contribution in [1.82, 2.24) is 30.2 Å². The van der Waals surface area contributed by atoms with Gasteiger partial charge in [0.2, 0.25) is 0 Å². The van der Waals surface area contributed by atoms with Crippen LogP contribution in [0.1, 0.15) is 0 Å². The Morgan fingerprint density at radius 3 is 2.75 bits per heavy atom. The summed E-state index contributed by atoms with van der Waals surface area (Å²) in [4.78, 5) is 4.41. The fourth-order valence-corrected chi connectivity index (χ4v) is 2.17. The number of H-pyrrole nitrogens is 1. The van der Waals surface area contributed by atoms with Gasteiger partial charge in [-0.3, -0.25) is 5.10 Å². The van der Waals surface area contributed by atoms with Crippen LogP contribution in [0.2, 0.25) is 0 Å². The molecule has 0 bridgehead atoms. The molecule has 0 atom stereocenters. The molecule has 96 valence electrons. The summed E-state index contributed by atoms with van der Waals surface area (Å²) in [7, 11) is 0. The maximum Gasteiger partial charge on any atom is 0.186 e. The number of pyridine rings is 1. The molecule has 1 aromatic carbocycles. The predicted molar refractivity (Wildman–Crippen MR) is 74.2 cm³/mol. The number of hydrogen-bond donors (Lipinski definition) is 1. The second kappa shape index (κ2) is 4.27. The fourth-order valence-electron chi connectivity index (χ4n) is 2.17. The zero-order valence-electron chi connectivity index (χ0n) is 10.4. The van der Waals surface area contributed by atoms with Crippen LogP contribution in [-0.2, 0) is 0 Å². The lowest BCUT2D eigenvalue weighted by molar-refractivity contribution is 0.780. The topological polar surface area (TPSA) is 72.3 Å². The monoisotopic (exact) mass is 262 g/mol. The van der Waals surface area contributed by atoms with E-state index in [1.54, 1.807) is 17.1 Å². The summed E-state index contributed by atoms with van der Waals surface area (Å²) in [5.74, 6) is 0.697. The van der Waals surface area contributed by atoms with E-state index in [2.05, 4.69) is 43.7 Å². The van der Waals surface area contributed by atoms with E-state index >= 15 is 0 Å². The summed E-state index contributed by atoms with van der Waals surface area (Å²) in [5, 5.41) is 15.8. The molecule has 6 nitrogen and oxygen atoms in total. The fraction of sp³-hybridized carbons (Fsp3) is 0. The number of benzene rings is 1. The maximum absolute atomic E-state index is 4.41. The maximum atomic E-state index is 4.41. The quantitative estimate of drug-likeness (QED) is 0.601. The van der Waals surface area contributed by atoms with Crippen LogP contribution in [0.25, 0.3) is 28.0 Å². The first kappa shape index (κ1) is 10.9. The van der Waals surface area contributed by atoms with Crippen LogP contribution in [0.15, 0.2) is 55.0 Å². The zero-order chi connectivity index (χ0) is 13.4. The van der Waals surface area contributed by atoms with E-state index in [0.717, 1.165) is 22.2 Å². The molecule has 0 aliphatic carbocycles. The largest absolute Gasteiger partial charge is 0.259 e. The molecule has 0 saturated carbocycles. The Hall–Kier alpha value is -3.02. The molecule has 0 aliphatic heterocycles. The number of rotatable bonds is 2. The van der Waals surface area contributed by atoms with Gasteiger partial charge in [-0.05, 0) is 11.6 Å². The van der Waals surface area contributed by atoms with Gasteiger partial charge < -0.3 is 0 Å². The molecular formula is C14H10N6. The molecule has 0 fully saturated rings. The molecule has 4 rings (SSSR count). The van der Waals surface area contributed by atoms with E-state index in [1.807, 2.05) is 24.4 Å². The summed E-state index contributed by atoms with van der Waals surface area (Å²) in [6.07, 6.45) is 5.21. The van der Waals surface area contributed by atoms with Gasteiger partial charge in [-0.1, -0.05) is 35.5 Å². The third-order valence-electron chi connectivity index (χ3n) is 3.14. The SMILES string of the molecule is c1ccc(-c2cnc3[nH]nc(-n4ccnn4)c3c2)cc1. The Morgan fingerprint density at radius 1 is 1.05 bits per heavy atom. The highest BCUT2D eigenvalue weighted by Gasteiger charge is 2.10. The average Bonchev–Trinajstić information content (AvgIpc) is 3.16. The van der Waals surface area contributed by atoms with Crippen LogP contribution >= 0.6 is 0 Å². The molecule has 1 N–H and O–H groups in total. The van der Waals surface area contributed by atoms with Gasteiger partial charge in [0, 0.05) is 11.8 Å². The number of aromatic amines is 1. The second-order valence-electron chi connectivity index (χ2n) is 4.38. The summed E-state index contributed by atoms with van der Waals surface area (Å²) in [6, 6.07) is 12.2. The number of nitrogens with zero attached hydrogens (tertiary/aromatic N) is 5. The molecule has 3 heterocycles. The molecule has 6 heteroatoms. The van der Waals surface area contributed by atoms with Gasteiger partial charge in [-0.25, -0.2) is 4.98 Å². The summed E-state index contributed by atoms with van der Waals surface area (Å²) >= 11 is 0. The standard InChI is InChI=1S/C14H10N6/c1-2-4-10(5-3-1)11-8-12-13(15-9-11)17-18-14(12)20-7-6-16-19-20/h1-9H,(H,15,17,18). The Morgan fingerprint density at radius 2 is 1.95 bits per heavy atom. The van der Waals surface area contributed by atoms with Crippen molar-refractivity contribution in [3.63, 3.8) is 0 Å². The predicted octanol–water partition coefficient (Wildman–Crippen LogP) is 2.21. The van der Waals surface area contributed by atoms with E-state index in [0.29, 0.717) is 5.82 Å². The van der Waals surface area contributed by atoms with E-state index in [1.165, 1.54) is 0 Å². The molecule has 0 spiro atoms. The lowest BCUT2D eigenvalue weighted by Crippen LogP contribution is -1.96. The molecule has 3 aromatic heterocycles. The van der Waals surface area contributed by atoms with E-state index < -0.39 is 0 Å². The number of aromatic nitrogens is 6.